The van der Waals surface area contributed by atoms with Crippen LogP contribution in [0.3, 0.4) is 0 Å². The summed E-state index contributed by atoms with van der Waals surface area (Å²) >= 11 is 0. The number of hydrogen-bond acceptors (Lipinski definition) is 3. The lowest BCUT2D eigenvalue weighted by Gasteiger charge is -2.12. The van der Waals surface area contributed by atoms with E-state index in [-0.39, 0.29) is 11.6 Å². The molecule has 0 radical (unpaired) electrons. The van der Waals surface area contributed by atoms with Crippen LogP contribution < -0.4 is 5.56 Å². The van der Waals surface area contributed by atoms with Crippen molar-refractivity contribution < 1.29 is 0 Å². The van der Waals surface area contributed by atoms with Crippen molar-refractivity contribution in [3.05, 3.63) is 52.4 Å². The van der Waals surface area contributed by atoms with Crippen molar-refractivity contribution in [2.75, 3.05) is 0 Å². The number of aromatic amines is 1. The van der Waals surface area contributed by atoms with E-state index in [2.05, 4.69) is 34.5 Å². The van der Waals surface area contributed by atoms with Crippen LogP contribution in [0.5, 0.6) is 0 Å². The van der Waals surface area contributed by atoms with Gasteiger partial charge in [0.15, 0.2) is 0 Å². The number of benzene rings is 1. The summed E-state index contributed by atoms with van der Waals surface area (Å²) < 4.78 is 2.10. The zero-order valence-corrected chi connectivity index (χ0v) is 11.8. The normalized spacial score (nSPS) is 11.0. The second kappa shape index (κ2) is 4.91. The summed E-state index contributed by atoms with van der Waals surface area (Å²) in [4.78, 5) is 18.5. The van der Waals surface area contributed by atoms with Crippen molar-refractivity contribution in [1.82, 2.24) is 14.5 Å². The standard InChI is InChI=1S/C16H14N4O/c1-10(2)20-14-5-3-11(8-17)7-13(14)19-16(20)12-4-6-15(21)18-9-12/h3-7,9-10H,1-2H3,(H,18,21). The van der Waals surface area contributed by atoms with Crippen LogP contribution in [0.4, 0.5) is 0 Å². The Morgan fingerprint density at radius 3 is 2.71 bits per heavy atom. The zero-order chi connectivity index (χ0) is 15.0. The lowest BCUT2D eigenvalue weighted by atomic mass is 10.2. The second-order valence-corrected chi connectivity index (χ2v) is 5.16. The number of nitrogens with zero attached hydrogens (tertiary/aromatic N) is 3. The fourth-order valence-electron chi connectivity index (χ4n) is 2.44. The monoisotopic (exact) mass is 278 g/mol. The van der Waals surface area contributed by atoms with Gasteiger partial charge in [-0.2, -0.15) is 5.26 Å². The molecular weight excluding hydrogens is 264 g/mol. The molecule has 2 aromatic heterocycles. The highest BCUT2D eigenvalue weighted by atomic mass is 16.1. The van der Waals surface area contributed by atoms with E-state index in [4.69, 9.17) is 5.26 Å². The summed E-state index contributed by atoms with van der Waals surface area (Å²) in [6, 6.07) is 11.1. The van der Waals surface area contributed by atoms with Gasteiger partial charge < -0.3 is 9.55 Å². The highest BCUT2D eigenvalue weighted by molar-refractivity contribution is 5.82. The maximum Gasteiger partial charge on any atom is 0.247 e. The van der Waals surface area contributed by atoms with Gasteiger partial charge in [-0.1, -0.05) is 0 Å². The number of rotatable bonds is 2. The van der Waals surface area contributed by atoms with Crippen molar-refractivity contribution in [2.24, 2.45) is 0 Å². The van der Waals surface area contributed by atoms with Crippen LogP contribution >= 0.6 is 0 Å². The molecule has 21 heavy (non-hydrogen) atoms. The summed E-state index contributed by atoms with van der Waals surface area (Å²) in [7, 11) is 0. The summed E-state index contributed by atoms with van der Waals surface area (Å²) in [5.41, 5.74) is 3.05. The molecule has 0 fully saturated rings. The molecule has 1 aromatic carbocycles. The smallest absolute Gasteiger partial charge is 0.247 e. The molecular formula is C16H14N4O. The van der Waals surface area contributed by atoms with Crippen molar-refractivity contribution in [2.45, 2.75) is 19.9 Å². The molecule has 3 rings (SSSR count). The van der Waals surface area contributed by atoms with Gasteiger partial charge in [-0.15, -0.1) is 0 Å². The van der Waals surface area contributed by atoms with E-state index in [9.17, 15) is 4.79 Å². The Kier molecular flexibility index (Phi) is 3.07. The van der Waals surface area contributed by atoms with Crippen LogP contribution in [0.1, 0.15) is 25.5 Å². The van der Waals surface area contributed by atoms with Crippen LogP contribution in [0.25, 0.3) is 22.4 Å². The number of nitrogens with one attached hydrogen (secondary N) is 1. The predicted molar refractivity (Wildman–Crippen MR) is 80.9 cm³/mol. The average Bonchev–Trinajstić information content (AvgIpc) is 2.86. The number of pyridine rings is 1. The third-order valence-corrected chi connectivity index (χ3v) is 3.38. The Labute approximate surface area is 121 Å². The molecule has 1 N–H and O–H groups in total. The number of fused-ring (bicyclic) bond motifs is 1. The van der Waals surface area contributed by atoms with E-state index in [1.165, 1.54) is 6.07 Å². The third-order valence-electron chi connectivity index (χ3n) is 3.38. The molecule has 5 heteroatoms. The van der Waals surface area contributed by atoms with Crippen LogP contribution in [0.15, 0.2) is 41.3 Å². The molecule has 0 unspecified atom stereocenters. The van der Waals surface area contributed by atoms with Crippen LogP contribution in [-0.2, 0) is 0 Å². The Balaban J connectivity index is 2.31. The molecule has 0 aliphatic carbocycles. The Hall–Kier alpha value is -2.87. The van der Waals surface area contributed by atoms with Gasteiger partial charge in [0.2, 0.25) is 5.56 Å². The van der Waals surface area contributed by atoms with Gasteiger partial charge in [0.1, 0.15) is 5.82 Å². The minimum absolute atomic E-state index is 0.141. The first kappa shape index (κ1) is 13.1. The minimum atomic E-state index is -0.141. The molecule has 0 aliphatic heterocycles. The van der Waals surface area contributed by atoms with Gasteiger partial charge in [0, 0.05) is 23.9 Å². The lowest BCUT2D eigenvalue weighted by Crippen LogP contribution is -2.06. The molecule has 0 amide bonds. The van der Waals surface area contributed by atoms with Gasteiger partial charge in [-0.25, -0.2) is 4.98 Å². The summed E-state index contributed by atoms with van der Waals surface area (Å²) in [6.45, 7) is 4.16. The topological polar surface area (TPSA) is 74.5 Å². The van der Waals surface area contributed by atoms with E-state index in [1.54, 1.807) is 24.4 Å². The third kappa shape index (κ3) is 2.21. The number of nitriles is 1. The summed E-state index contributed by atoms with van der Waals surface area (Å²) in [5, 5.41) is 9.01. The van der Waals surface area contributed by atoms with Gasteiger partial charge in [-0.05, 0) is 38.1 Å². The molecule has 2 heterocycles. The average molecular weight is 278 g/mol. The lowest BCUT2D eigenvalue weighted by molar-refractivity contribution is 0.624. The molecule has 5 nitrogen and oxygen atoms in total. The molecule has 0 bridgehead atoms. The maximum absolute atomic E-state index is 11.2. The van der Waals surface area contributed by atoms with Crippen molar-refractivity contribution in [3.63, 3.8) is 0 Å². The fraction of sp³-hybridized carbons (Fsp3) is 0.188. The van der Waals surface area contributed by atoms with E-state index >= 15 is 0 Å². The molecule has 0 saturated heterocycles. The van der Waals surface area contributed by atoms with E-state index in [0.717, 1.165) is 22.4 Å². The highest BCUT2D eigenvalue weighted by Gasteiger charge is 2.15. The maximum atomic E-state index is 11.2. The van der Waals surface area contributed by atoms with Crippen LogP contribution in [-0.4, -0.2) is 14.5 Å². The Morgan fingerprint density at radius 1 is 1.29 bits per heavy atom. The van der Waals surface area contributed by atoms with Crippen LogP contribution in [0.2, 0.25) is 0 Å². The minimum Gasteiger partial charge on any atom is -0.328 e. The Bertz CT molecular complexity index is 892. The predicted octanol–water partition coefficient (Wildman–Crippen LogP) is 2.84. The quantitative estimate of drug-likeness (QED) is 0.783. The molecule has 0 spiro atoms. The number of hydrogen-bond donors (Lipinski definition) is 1. The Morgan fingerprint density at radius 2 is 2.10 bits per heavy atom. The first-order valence-corrected chi connectivity index (χ1v) is 6.71. The number of imidazole rings is 1. The van der Waals surface area contributed by atoms with Crippen molar-refractivity contribution in [3.8, 4) is 17.5 Å². The van der Waals surface area contributed by atoms with Gasteiger partial charge >= 0.3 is 0 Å². The summed E-state index contributed by atoms with van der Waals surface area (Å²) in [5.74, 6) is 0.784. The molecule has 0 atom stereocenters. The summed E-state index contributed by atoms with van der Waals surface area (Å²) in [6.07, 6.45) is 1.66. The zero-order valence-electron chi connectivity index (χ0n) is 11.8. The van der Waals surface area contributed by atoms with E-state index < -0.39 is 0 Å². The van der Waals surface area contributed by atoms with E-state index in [1.807, 2.05) is 6.07 Å². The second-order valence-electron chi connectivity index (χ2n) is 5.16. The van der Waals surface area contributed by atoms with Gasteiger partial charge in [0.05, 0.1) is 22.7 Å². The SMILES string of the molecule is CC(C)n1c(-c2ccc(=O)[nH]c2)nc2cc(C#N)ccc21. The molecule has 0 aliphatic rings. The van der Waals surface area contributed by atoms with Crippen molar-refractivity contribution in [1.29, 1.82) is 5.26 Å². The molecule has 3 aromatic rings. The first-order chi connectivity index (χ1) is 10.1. The fourth-order valence-corrected chi connectivity index (χ4v) is 2.44. The molecule has 0 saturated carbocycles. The van der Waals surface area contributed by atoms with Crippen molar-refractivity contribution >= 4 is 11.0 Å². The number of H-pyrrole nitrogens is 1. The van der Waals surface area contributed by atoms with Crippen LogP contribution in [0, 0.1) is 11.3 Å². The number of aromatic nitrogens is 3. The highest BCUT2D eigenvalue weighted by Crippen LogP contribution is 2.28. The first-order valence-electron chi connectivity index (χ1n) is 6.71. The largest absolute Gasteiger partial charge is 0.328 e. The van der Waals surface area contributed by atoms with Gasteiger partial charge in [0.25, 0.3) is 0 Å². The van der Waals surface area contributed by atoms with E-state index in [0.29, 0.717) is 5.56 Å². The van der Waals surface area contributed by atoms with Gasteiger partial charge in [-0.3, -0.25) is 4.79 Å². The molecule has 104 valence electrons.